The number of Topliss-reactive ketones (excluding diaryl/α,β-unsaturated/α-hetero) is 1. The summed E-state index contributed by atoms with van der Waals surface area (Å²) >= 11 is 0. The van der Waals surface area contributed by atoms with E-state index >= 15 is 0 Å². The molecule has 5 nitrogen and oxygen atoms in total. The molecule has 0 aliphatic rings. The van der Waals surface area contributed by atoms with Crippen LogP contribution in [0.15, 0.2) is 30.3 Å². The zero-order chi connectivity index (χ0) is 19.3. The number of ether oxygens (including phenoxy) is 1. The van der Waals surface area contributed by atoms with Crippen LogP contribution in [0.2, 0.25) is 0 Å². The first kappa shape index (κ1) is 19.5. The summed E-state index contributed by atoms with van der Waals surface area (Å²) in [7, 11) is 0. The predicted octanol–water partition coefficient (Wildman–Crippen LogP) is 4.06. The highest BCUT2D eigenvalue weighted by atomic mass is 16.5. The molecule has 0 atom stereocenters. The zero-order valence-electron chi connectivity index (χ0n) is 15.7. The Morgan fingerprint density at radius 3 is 2.42 bits per heavy atom. The van der Waals surface area contributed by atoms with Gasteiger partial charge in [-0.05, 0) is 56.5 Å². The maximum Gasteiger partial charge on any atom is 0.338 e. The molecule has 5 heteroatoms. The molecule has 1 aromatic carbocycles. The van der Waals surface area contributed by atoms with Crippen molar-refractivity contribution in [1.29, 1.82) is 5.26 Å². The molecule has 26 heavy (non-hydrogen) atoms. The van der Waals surface area contributed by atoms with Gasteiger partial charge in [-0.25, -0.2) is 4.79 Å². The van der Waals surface area contributed by atoms with Crippen LogP contribution in [-0.2, 0) is 11.3 Å². The van der Waals surface area contributed by atoms with Crippen LogP contribution in [0.25, 0.3) is 0 Å². The molecule has 0 N–H and O–H groups in total. The molecule has 1 heterocycles. The van der Waals surface area contributed by atoms with Crippen molar-refractivity contribution in [2.75, 3.05) is 6.61 Å². The van der Waals surface area contributed by atoms with E-state index in [-0.39, 0.29) is 12.4 Å². The van der Waals surface area contributed by atoms with Crippen LogP contribution in [0, 0.1) is 31.1 Å². The minimum atomic E-state index is -0.573. The molecule has 0 unspecified atom stereocenters. The average molecular weight is 352 g/mol. The van der Waals surface area contributed by atoms with Crippen LogP contribution in [0.3, 0.4) is 0 Å². The molecule has 0 fully saturated rings. The van der Waals surface area contributed by atoms with E-state index < -0.39 is 5.97 Å². The van der Waals surface area contributed by atoms with Gasteiger partial charge in [0, 0.05) is 23.5 Å². The van der Waals surface area contributed by atoms with Gasteiger partial charge in [-0.15, -0.1) is 0 Å². The van der Waals surface area contributed by atoms with Crippen molar-refractivity contribution in [1.82, 2.24) is 4.57 Å². The minimum Gasteiger partial charge on any atom is -0.454 e. The molecule has 136 valence electrons. The highest BCUT2D eigenvalue weighted by Crippen LogP contribution is 2.18. The maximum absolute atomic E-state index is 12.5. The molecular weight excluding hydrogens is 328 g/mol. The van der Waals surface area contributed by atoms with Gasteiger partial charge in [-0.1, -0.05) is 13.8 Å². The van der Waals surface area contributed by atoms with Crippen molar-refractivity contribution in [2.45, 2.75) is 40.7 Å². The first-order valence-electron chi connectivity index (χ1n) is 8.70. The lowest BCUT2D eigenvalue weighted by molar-refractivity contribution is 0.0474. The molecule has 0 aliphatic carbocycles. The van der Waals surface area contributed by atoms with Gasteiger partial charge < -0.3 is 9.30 Å². The topological polar surface area (TPSA) is 72.1 Å². The fraction of sp³-hybridized carbons (Fsp3) is 0.381. The lowest BCUT2D eigenvalue weighted by Crippen LogP contribution is -2.15. The molecule has 2 rings (SSSR count). The molecule has 0 saturated carbocycles. The SMILES string of the molecule is Cc1cc(C(=O)COC(=O)c2ccc(C#N)cc2)c(C)n1CCC(C)C. The second-order valence-corrected chi connectivity index (χ2v) is 6.81. The van der Waals surface area contributed by atoms with Crippen molar-refractivity contribution in [3.8, 4) is 6.07 Å². The average Bonchev–Trinajstić information content (AvgIpc) is 2.91. The number of esters is 1. The second-order valence-electron chi connectivity index (χ2n) is 6.81. The summed E-state index contributed by atoms with van der Waals surface area (Å²) in [6.07, 6.45) is 1.04. The number of carbonyl (C=O) groups is 2. The molecule has 0 spiro atoms. The normalized spacial score (nSPS) is 10.6. The fourth-order valence-electron chi connectivity index (χ4n) is 2.79. The maximum atomic E-state index is 12.5. The number of aryl methyl sites for hydroxylation is 1. The number of nitriles is 1. The van der Waals surface area contributed by atoms with Gasteiger partial charge in [0.1, 0.15) is 0 Å². The van der Waals surface area contributed by atoms with Gasteiger partial charge in [-0.3, -0.25) is 4.79 Å². The standard InChI is InChI=1S/C21H24N2O3/c1-14(2)9-10-23-15(3)11-19(16(23)4)20(24)13-26-21(25)18-7-5-17(12-22)6-8-18/h5-8,11,14H,9-10,13H2,1-4H3. The number of aromatic nitrogens is 1. The summed E-state index contributed by atoms with van der Waals surface area (Å²) in [5, 5.41) is 8.78. The quantitative estimate of drug-likeness (QED) is 0.556. The van der Waals surface area contributed by atoms with E-state index in [4.69, 9.17) is 10.00 Å². The van der Waals surface area contributed by atoms with Gasteiger partial charge in [0.05, 0.1) is 17.2 Å². The lowest BCUT2D eigenvalue weighted by atomic mass is 10.1. The summed E-state index contributed by atoms with van der Waals surface area (Å²) < 4.78 is 7.27. The number of hydrogen-bond donors (Lipinski definition) is 0. The van der Waals surface area contributed by atoms with Crippen LogP contribution < -0.4 is 0 Å². The molecule has 0 bridgehead atoms. The van der Waals surface area contributed by atoms with E-state index in [0.29, 0.717) is 22.6 Å². The monoisotopic (exact) mass is 352 g/mol. The Balaban J connectivity index is 2.02. The smallest absolute Gasteiger partial charge is 0.338 e. The third kappa shape index (κ3) is 4.60. The minimum absolute atomic E-state index is 0.212. The van der Waals surface area contributed by atoms with E-state index in [1.807, 2.05) is 26.0 Å². The van der Waals surface area contributed by atoms with E-state index in [9.17, 15) is 9.59 Å². The molecule has 2 aromatic rings. The van der Waals surface area contributed by atoms with Crippen molar-refractivity contribution < 1.29 is 14.3 Å². The molecule has 0 amide bonds. The molecule has 1 aromatic heterocycles. The lowest BCUT2D eigenvalue weighted by Gasteiger charge is -2.11. The van der Waals surface area contributed by atoms with Crippen LogP contribution in [-0.4, -0.2) is 22.9 Å². The Morgan fingerprint density at radius 1 is 1.19 bits per heavy atom. The van der Waals surface area contributed by atoms with Gasteiger partial charge >= 0.3 is 5.97 Å². The van der Waals surface area contributed by atoms with Gasteiger partial charge in [-0.2, -0.15) is 5.26 Å². The van der Waals surface area contributed by atoms with Crippen LogP contribution >= 0.6 is 0 Å². The largest absolute Gasteiger partial charge is 0.454 e. The van der Waals surface area contributed by atoms with E-state index in [2.05, 4.69) is 18.4 Å². The summed E-state index contributed by atoms with van der Waals surface area (Å²) in [6.45, 7) is 8.81. The van der Waals surface area contributed by atoms with E-state index in [1.165, 1.54) is 12.1 Å². The Kier molecular flexibility index (Phi) is 6.35. The fourth-order valence-corrected chi connectivity index (χ4v) is 2.79. The van der Waals surface area contributed by atoms with Gasteiger partial charge in [0.15, 0.2) is 6.61 Å². The zero-order valence-corrected chi connectivity index (χ0v) is 15.7. The number of carbonyl (C=O) groups excluding carboxylic acids is 2. The predicted molar refractivity (Wildman–Crippen MR) is 99.1 cm³/mol. The van der Waals surface area contributed by atoms with Crippen LogP contribution in [0.5, 0.6) is 0 Å². The number of rotatable bonds is 7. The number of ketones is 1. The van der Waals surface area contributed by atoms with Crippen molar-refractivity contribution in [2.24, 2.45) is 5.92 Å². The molecule has 0 radical (unpaired) electrons. The van der Waals surface area contributed by atoms with Crippen LogP contribution in [0.1, 0.15) is 57.9 Å². The first-order chi connectivity index (χ1) is 12.3. The first-order valence-corrected chi connectivity index (χ1v) is 8.70. The summed E-state index contributed by atoms with van der Waals surface area (Å²) in [5.74, 6) is -0.198. The van der Waals surface area contributed by atoms with Crippen molar-refractivity contribution in [3.05, 3.63) is 58.4 Å². The van der Waals surface area contributed by atoms with Gasteiger partial charge in [0.2, 0.25) is 5.78 Å². The Bertz CT molecular complexity index is 839. The van der Waals surface area contributed by atoms with Crippen molar-refractivity contribution >= 4 is 11.8 Å². The van der Waals surface area contributed by atoms with E-state index in [0.717, 1.165) is 24.4 Å². The third-order valence-electron chi connectivity index (χ3n) is 4.39. The summed E-state index contributed by atoms with van der Waals surface area (Å²) in [5.41, 5.74) is 3.32. The molecule has 0 saturated heterocycles. The Morgan fingerprint density at radius 2 is 1.85 bits per heavy atom. The number of nitrogens with zero attached hydrogens (tertiary/aromatic N) is 2. The Labute approximate surface area is 154 Å². The number of benzene rings is 1. The summed E-state index contributed by atoms with van der Waals surface area (Å²) in [6, 6.07) is 9.96. The van der Waals surface area contributed by atoms with Gasteiger partial charge in [0.25, 0.3) is 0 Å². The van der Waals surface area contributed by atoms with Crippen molar-refractivity contribution in [3.63, 3.8) is 0 Å². The number of hydrogen-bond acceptors (Lipinski definition) is 4. The second kappa shape index (κ2) is 8.48. The Hall–Kier alpha value is -2.87. The summed E-state index contributed by atoms with van der Waals surface area (Å²) in [4.78, 5) is 24.5. The highest BCUT2D eigenvalue weighted by Gasteiger charge is 2.18. The third-order valence-corrected chi connectivity index (χ3v) is 4.39. The van der Waals surface area contributed by atoms with E-state index in [1.54, 1.807) is 12.1 Å². The molecular formula is C21H24N2O3. The highest BCUT2D eigenvalue weighted by molar-refractivity contribution is 6.00. The molecule has 0 aliphatic heterocycles. The van der Waals surface area contributed by atoms with Crippen LogP contribution in [0.4, 0.5) is 0 Å².